The van der Waals surface area contributed by atoms with Crippen LogP contribution in [0, 0.1) is 0 Å². The molecule has 4 N–H and O–H groups in total. The van der Waals surface area contributed by atoms with Crippen LogP contribution in [-0.2, 0) is 0 Å². The highest BCUT2D eigenvalue weighted by atomic mass is 79.9. The first kappa shape index (κ1) is 25.2. The zero-order valence-electron chi connectivity index (χ0n) is 20.8. The van der Waals surface area contributed by atoms with Crippen molar-refractivity contribution in [2.45, 2.75) is 19.8 Å². The summed E-state index contributed by atoms with van der Waals surface area (Å²) in [5, 5.41) is 7.07. The van der Waals surface area contributed by atoms with Crippen molar-refractivity contribution < 1.29 is 9.53 Å². The lowest BCUT2D eigenvalue weighted by Gasteiger charge is -2.16. The van der Waals surface area contributed by atoms with Crippen molar-refractivity contribution in [3.05, 3.63) is 101 Å². The zero-order valence-corrected chi connectivity index (χ0v) is 22.4. The highest BCUT2D eigenvalue weighted by Crippen LogP contribution is 2.35. The average Bonchev–Trinajstić information content (AvgIpc) is 2.91. The first-order valence-corrected chi connectivity index (χ1v) is 12.8. The fraction of sp³-hybridized carbons (Fsp3) is 0.103. The van der Waals surface area contributed by atoms with E-state index in [4.69, 9.17) is 10.5 Å². The van der Waals surface area contributed by atoms with Gasteiger partial charge in [-0.2, -0.15) is 0 Å². The van der Waals surface area contributed by atoms with E-state index in [1.165, 1.54) is 6.33 Å². The van der Waals surface area contributed by atoms with Gasteiger partial charge in [0.15, 0.2) is 11.4 Å². The maximum absolute atomic E-state index is 12.8. The van der Waals surface area contributed by atoms with Crippen LogP contribution in [0.5, 0.6) is 11.5 Å². The largest absolute Gasteiger partial charge is 0.455 e. The third-order valence-electron chi connectivity index (χ3n) is 5.81. The first-order chi connectivity index (χ1) is 18.4. The molecule has 8 nitrogen and oxygen atoms in total. The molecular weight excluding hydrogens is 544 g/mol. The monoisotopic (exact) mass is 568 g/mol. The Balaban J connectivity index is 1.50. The van der Waals surface area contributed by atoms with Crippen molar-refractivity contribution in [1.29, 1.82) is 0 Å². The Morgan fingerprint density at radius 2 is 1.71 bits per heavy atom. The molecule has 0 unspecified atom stereocenters. The van der Waals surface area contributed by atoms with E-state index in [9.17, 15) is 4.79 Å². The summed E-state index contributed by atoms with van der Waals surface area (Å²) in [6.45, 7) is 4.17. The van der Waals surface area contributed by atoms with Gasteiger partial charge in [-0.15, -0.1) is 0 Å². The lowest BCUT2D eigenvalue weighted by molar-refractivity contribution is 0.102. The zero-order chi connectivity index (χ0) is 26.6. The van der Waals surface area contributed by atoms with Crippen molar-refractivity contribution in [1.82, 2.24) is 15.0 Å². The highest BCUT2D eigenvalue weighted by Gasteiger charge is 2.14. The van der Waals surface area contributed by atoms with Crippen molar-refractivity contribution in [3.8, 4) is 11.5 Å². The smallest absolute Gasteiger partial charge is 0.255 e. The fourth-order valence-electron chi connectivity index (χ4n) is 3.77. The summed E-state index contributed by atoms with van der Waals surface area (Å²) in [6, 6.07) is 23.6. The van der Waals surface area contributed by atoms with Gasteiger partial charge in [0.05, 0.1) is 11.1 Å². The molecule has 0 saturated heterocycles. The number of fused-ring (bicyclic) bond motifs is 1. The molecule has 0 saturated carbocycles. The molecule has 5 rings (SSSR count). The van der Waals surface area contributed by atoms with Crippen LogP contribution < -0.4 is 21.1 Å². The number of rotatable bonds is 7. The Morgan fingerprint density at radius 1 is 0.947 bits per heavy atom. The number of halogens is 1. The number of nitrogen functional groups attached to an aromatic ring is 1. The van der Waals surface area contributed by atoms with Gasteiger partial charge in [-0.3, -0.25) is 4.79 Å². The quantitative estimate of drug-likeness (QED) is 0.177. The molecule has 9 heteroatoms. The number of hydrogen-bond donors (Lipinski definition) is 3. The highest BCUT2D eigenvalue weighted by molar-refractivity contribution is 9.10. The van der Waals surface area contributed by atoms with Crippen LogP contribution in [0.25, 0.3) is 11.0 Å². The molecule has 38 heavy (non-hydrogen) atoms. The predicted molar refractivity (Wildman–Crippen MR) is 154 cm³/mol. The topological polar surface area (TPSA) is 115 Å². The third kappa shape index (κ3) is 5.73. The van der Waals surface area contributed by atoms with Gasteiger partial charge in [0.2, 0.25) is 0 Å². The number of carbonyl (C=O) groups is 1. The van der Waals surface area contributed by atoms with Crippen LogP contribution in [0.1, 0.15) is 35.8 Å². The molecule has 0 radical (unpaired) electrons. The Kier molecular flexibility index (Phi) is 7.19. The molecule has 0 spiro atoms. The minimum Gasteiger partial charge on any atom is -0.455 e. The number of nitrogens with one attached hydrogen (secondary N) is 2. The van der Waals surface area contributed by atoms with Gasteiger partial charge in [0.1, 0.15) is 17.9 Å². The second-order valence-corrected chi connectivity index (χ2v) is 9.87. The number of nitrogens with zero attached hydrogens (tertiary/aromatic N) is 3. The SMILES string of the molecule is CC(C)c1ccc2c(Nc3cc(NC(=O)c4ccc(Br)cc4)ccc3Oc3ccc(N)cc3)ncnc2n1. The Bertz CT molecular complexity index is 1600. The number of aromatic nitrogens is 3. The lowest BCUT2D eigenvalue weighted by Crippen LogP contribution is -2.12. The normalized spacial score (nSPS) is 10.9. The standard InChI is InChI=1S/C29H25BrN6O2/c1-17(2)24-13-12-23-27(35-24)32-16-33-28(23)36-25-15-21(34-29(37)18-3-5-19(30)6-4-18)9-14-26(25)38-22-10-7-20(31)8-11-22/h3-17H,31H2,1-2H3,(H,34,37)(H,32,33,35,36). The number of anilines is 4. The molecule has 1 amide bonds. The van der Waals surface area contributed by atoms with E-state index >= 15 is 0 Å². The van der Waals surface area contributed by atoms with Gasteiger partial charge in [-0.25, -0.2) is 15.0 Å². The molecule has 5 aromatic rings. The van der Waals surface area contributed by atoms with E-state index in [2.05, 4.69) is 55.4 Å². The van der Waals surface area contributed by atoms with Crippen LogP contribution in [0.3, 0.4) is 0 Å². The summed E-state index contributed by atoms with van der Waals surface area (Å²) in [6.07, 6.45) is 1.47. The number of nitrogens with two attached hydrogens (primary N) is 1. The summed E-state index contributed by atoms with van der Waals surface area (Å²) in [5.41, 5.74) is 9.74. The van der Waals surface area contributed by atoms with Gasteiger partial charge in [-0.1, -0.05) is 29.8 Å². The van der Waals surface area contributed by atoms with E-state index in [1.54, 1.807) is 54.6 Å². The number of carbonyl (C=O) groups excluding carboxylic acids is 1. The minimum atomic E-state index is -0.228. The van der Waals surface area contributed by atoms with Crippen LogP contribution in [0.15, 0.2) is 89.7 Å². The summed E-state index contributed by atoms with van der Waals surface area (Å²) in [7, 11) is 0. The molecule has 0 aliphatic carbocycles. The van der Waals surface area contributed by atoms with Crippen LogP contribution >= 0.6 is 15.9 Å². The molecule has 190 valence electrons. The number of pyridine rings is 1. The lowest BCUT2D eigenvalue weighted by atomic mass is 10.1. The molecule has 0 fully saturated rings. The molecular formula is C29H25BrN6O2. The summed E-state index contributed by atoms with van der Waals surface area (Å²) in [4.78, 5) is 26.3. The summed E-state index contributed by atoms with van der Waals surface area (Å²) >= 11 is 3.39. The van der Waals surface area contributed by atoms with Crippen LogP contribution in [0.2, 0.25) is 0 Å². The van der Waals surface area contributed by atoms with Gasteiger partial charge in [-0.05, 0) is 84.8 Å². The number of amides is 1. The van der Waals surface area contributed by atoms with E-state index < -0.39 is 0 Å². The molecule has 3 aromatic carbocycles. The summed E-state index contributed by atoms with van der Waals surface area (Å²) in [5.74, 6) is 1.77. The van der Waals surface area contributed by atoms with Crippen LogP contribution in [-0.4, -0.2) is 20.9 Å². The van der Waals surface area contributed by atoms with Crippen molar-refractivity contribution in [2.75, 3.05) is 16.4 Å². The molecule has 2 aromatic heterocycles. The minimum absolute atomic E-state index is 0.228. The maximum Gasteiger partial charge on any atom is 0.255 e. The molecule has 0 aliphatic rings. The van der Waals surface area contributed by atoms with E-state index in [1.807, 2.05) is 24.3 Å². The molecule has 2 heterocycles. The Labute approximate surface area is 228 Å². The third-order valence-corrected chi connectivity index (χ3v) is 6.34. The van der Waals surface area contributed by atoms with E-state index in [-0.39, 0.29) is 11.8 Å². The number of hydrogen-bond acceptors (Lipinski definition) is 7. The van der Waals surface area contributed by atoms with Crippen molar-refractivity contribution in [2.24, 2.45) is 0 Å². The predicted octanol–water partition coefficient (Wildman–Crippen LogP) is 7.28. The summed E-state index contributed by atoms with van der Waals surface area (Å²) < 4.78 is 7.06. The van der Waals surface area contributed by atoms with Gasteiger partial charge in [0.25, 0.3) is 5.91 Å². The first-order valence-electron chi connectivity index (χ1n) is 12.0. The second kappa shape index (κ2) is 10.9. The Hall–Kier alpha value is -4.50. The number of ether oxygens (including phenoxy) is 1. The Morgan fingerprint density at radius 3 is 2.45 bits per heavy atom. The van der Waals surface area contributed by atoms with Gasteiger partial charge >= 0.3 is 0 Å². The molecule has 0 bridgehead atoms. The van der Waals surface area contributed by atoms with Gasteiger partial charge in [0, 0.05) is 27.1 Å². The molecule has 0 atom stereocenters. The van der Waals surface area contributed by atoms with Gasteiger partial charge < -0.3 is 21.1 Å². The molecule has 0 aliphatic heterocycles. The maximum atomic E-state index is 12.8. The second-order valence-electron chi connectivity index (χ2n) is 8.95. The van der Waals surface area contributed by atoms with Crippen molar-refractivity contribution >= 4 is 55.8 Å². The van der Waals surface area contributed by atoms with Crippen LogP contribution in [0.4, 0.5) is 22.9 Å². The number of benzene rings is 3. The van der Waals surface area contributed by atoms with E-state index in [0.717, 1.165) is 15.6 Å². The van der Waals surface area contributed by atoms with Crippen molar-refractivity contribution in [3.63, 3.8) is 0 Å². The average molecular weight is 569 g/mol. The van der Waals surface area contributed by atoms with E-state index in [0.29, 0.717) is 45.6 Å². The fourth-order valence-corrected chi connectivity index (χ4v) is 4.03.